The number of carbonyl (C=O) groups is 1. The van der Waals surface area contributed by atoms with Crippen molar-refractivity contribution in [1.82, 2.24) is 10.2 Å². The number of ether oxygens (including phenoxy) is 1. The van der Waals surface area contributed by atoms with Crippen LogP contribution in [-0.2, 0) is 9.53 Å². The average molecular weight is 255 g/mol. The number of carbonyl (C=O) groups excluding carboxylic acids is 1. The van der Waals surface area contributed by atoms with Crippen LogP contribution in [0, 0.1) is 0 Å². The van der Waals surface area contributed by atoms with Gasteiger partial charge in [0.15, 0.2) is 12.1 Å². The molecule has 1 aliphatic heterocycles. The van der Waals surface area contributed by atoms with E-state index in [1.165, 1.54) is 0 Å². The van der Waals surface area contributed by atoms with Crippen molar-refractivity contribution in [2.24, 2.45) is 4.99 Å². The highest BCUT2D eigenvalue weighted by Crippen LogP contribution is 1.98. The molecule has 0 radical (unpaired) electrons. The molecule has 1 atom stereocenters. The van der Waals surface area contributed by atoms with E-state index >= 15 is 0 Å². The molecule has 18 heavy (non-hydrogen) atoms. The van der Waals surface area contributed by atoms with Crippen molar-refractivity contribution >= 4 is 12.1 Å². The monoisotopic (exact) mass is 255 g/mol. The second-order valence-electron chi connectivity index (χ2n) is 4.03. The Morgan fingerprint density at radius 3 is 3.22 bits per heavy atom. The van der Waals surface area contributed by atoms with Gasteiger partial charge in [-0.3, -0.25) is 9.79 Å². The van der Waals surface area contributed by atoms with Crippen LogP contribution in [0.2, 0.25) is 0 Å². The summed E-state index contributed by atoms with van der Waals surface area (Å²) in [6.45, 7) is 7.64. The zero-order valence-electron chi connectivity index (χ0n) is 10.5. The van der Waals surface area contributed by atoms with Crippen molar-refractivity contribution in [2.45, 2.75) is 6.10 Å². The summed E-state index contributed by atoms with van der Waals surface area (Å²) < 4.78 is 5.13. The first kappa shape index (κ1) is 14.8. The fraction of sp³-hybridized carbons (Fsp3) is 0.667. The lowest BCUT2D eigenvalue weighted by Gasteiger charge is -2.18. The second-order valence-corrected chi connectivity index (χ2v) is 4.03. The smallest absolute Gasteiger partial charge is 0.184 e. The highest BCUT2D eigenvalue weighted by Gasteiger charge is 2.14. The van der Waals surface area contributed by atoms with E-state index in [1.54, 1.807) is 6.08 Å². The zero-order valence-corrected chi connectivity index (χ0v) is 10.5. The van der Waals surface area contributed by atoms with Gasteiger partial charge < -0.3 is 20.1 Å². The Balaban J connectivity index is 2.02. The number of nitrogens with zero attached hydrogens (tertiary/aromatic N) is 2. The summed E-state index contributed by atoms with van der Waals surface area (Å²) in [6.07, 6.45) is 1.90. The molecule has 102 valence electrons. The zero-order chi connectivity index (χ0) is 13.2. The van der Waals surface area contributed by atoms with Crippen molar-refractivity contribution < 1.29 is 14.6 Å². The molecule has 2 N–H and O–H groups in total. The molecule has 0 aromatic heterocycles. The van der Waals surface area contributed by atoms with E-state index < -0.39 is 6.10 Å². The molecule has 0 spiro atoms. The molecule has 0 bridgehead atoms. The van der Waals surface area contributed by atoms with Crippen LogP contribution in [0.4, 0.5) is 0 Å². The SMILES string of the molecule is C=CCOCC(O)CNCCN1CCN=C1C=O. The van der Waals surface area contributed by atoms with Crippen LogP contribution in [0.5, 0.6) is 0 Å². The lowest BCUT2D eigenvalue weighted by atomic mass is 10.3. The van der Waals surface area contributed by atoms with Crippen molar-refractivity contribution in [3.8, 4) is 0 Å². The van der Waals surface area contributed by atoms with E-state index in [-0.39, 0.29) is 0 Å². The summed E-state index contributed by atoms with van der Waals surface area (Å²) in [7, 11) is 0. The van der Waals surface area contributed by atoms with Crippen LogP contribution in [0.1, 0.15) is 0 Å². The minimum absolute atomic E-state index is 0.295. The maximum Gasteiger partial charge on any atom is 0.184 e. The molecule has 1 aliphatic rings. The maximum absolute atomic E-state index is 10.6. The first-order chi connectivity index (χ1) is 8.77. The third kappa shape index (κ3) is 5.39. The quantitative estimate of drug-likeness (QED) is 0.299. The third-order valence-corrected chi connectivity index (χ3v) is 2.56. The van der Waals surface area contributed by atoms with Crippen molar-refractivity contribution in [1.29, 1.82) is 0 Å². The molecule has 1 unspecified atom stereocenters. The first-order valence-corrected chi connectivity index (χ1v) is 6.10. The minimum atomic E-state index is -0.525. The van der Waals surface area contributed by atoms with Crippen LogP contribution in [0.15, 0.2) is 17.6 Å². The number of hydrogen-bond donors (Lipinski definition) is 2. The van der Waals surface area contributed by atoms with E-state index in [0.717, 1.165) is 19.4 Å². The fourth-order valence-electron chi connectivity index (χ4n) is 1.67. The molecule has 0 saturated heterocycles. The molecule has 1 heterocycles. The van der Waals surface area contributed by atoms with Gasteiger partial charge in [0.2, 0.25) is 0 Å². The molecule has 0 saturated carbocycles. The van der Waals surface area contributed by atoms with Gasteiger partial charge in [-0.15, -0.1) is 6.58 Å². The molecular formula is C12H21N3O3. The van der Waals surface area contributed by atoms with Crippen LogP contribution in [0.25, 0.3) is 0 Å². The Morgan fingerprint density at radius 2 is 2.50 bits per heavy atom. The van der Waals surface area contributed by atoms with Gasteiger partial charge in [-0.1, -0.05) is 6.08 Å². The Kier molecular flexibility index (Phi) is 7.24. The topological polar surface area (TPSA) is 74.2 Å². The molecule has 0 aromatic rings. The van der Waals surface area contributed by atoms with Crippen molar-refractivity contribution in [3.05, 3.63) is 12.7 Å². The number of aliphatic imine (C=N–C) groups is 1. The Hall–Kier alpha value is -1.24. The molecule has 6 nitrogen and oxygen atoms in total. The molecule has 6 heteroatoms. The predicted octanol–water partition coefficient (Wildman–Crippen LogP) is -0.947. The second kappa shape index (κ2) is 8.79. The van der Waals surface area contributed by atoms with Gasteiger partial charge in [0, 0.05) is 26.2 Å². The molecule has 0 aromatic carbocycles. The maximum atomic E-state index is 10.6. The number of nitrogens with one attached hydrogen (secondary N) is 1. The molecule has 0 amide bonds. The van der Waals surface area contributed by atoms with Gasteiger partial charge in [-0.2, -0.15) is 0 Å². The standard InChI is InChI=1S/C12H21N3O3/c1-2-7-18-10-11(17)8-13-3-5-15-6-4-14-12(15)9-16/h2,9,11,13,17H,1,3-8,10H2. The number of aldehydes is 1. The number of aliphatic hydroxyl groups is 1. The lowest BCUT2D eigenvalue weighted by Crippen LogP contribution is -2.38. The summed E-state index contributed by atoms with van der Waals surface area (Å²) in [4.78, 5) is 16.6. The third-order valence-electron chi connectivity index (χ3n) is 2.56. The molecule has 0 aliphatic carbocycles. The number of aliphatic hydroxyl groups excluding tert-OH is 1. The van der Waals surface area contributed by atoms with Gasteiger partial charge in [0.1, 0.15) is 0 Å². The van der Waals surface area contributed by atoms with E-state index in [1.807, 2.05) is 4.90 Å². The summed E-state index contributed by atoms with van der Waals surface area (Å²) in [5.74, 6) is 0.520. The first-order valence-electron chi connectivity index (χ1n) is 6.10. The summed E-state index contributed by atoms with van der Waals surface area (Å²) >= 11 is 0. The molecule has 0 fully saturated rings. The number of amidine groups is 1. The van der Waals surface area contributed by atoms with Crippen molar-refractivity contribution in [2.75, 3.05) is 45.9 Å². The largest absolute Gasteiger partial charge is 0.389 e. The predicted molar refractivity (Wildman–Crippen MR) is 69.8 cm³/mol. The normalized spacial score (nSPS) is 16.5. The highest BCUT2D eigenvalue weighted by molar-refractivity contribution is 6.27. The van der Waals surface area contributed by atoms with Gasteiger partial charge in [0.25, 0.3) is 0 Å². The summed E-state index contributed by atoms with van der Waals surface area (Å²) in [5, 5.41) is 12.7. The Labute approximate surface area is 107 Å². The lowest BCUT2D eigenvalue weighted by molar-refractivity contribution is -0.103. The van der Waals surface area contributed by atoms with Crippen LogP contribution in [-0.4, -0.2) is 74.2 Å². The summed E-state index contributed by atoms with van der Waals surface area (Å²) in [6, 6.07) is 0. The minimum Gasteiger partial charge on any atom is -0.389 e. The van der Waals surface area contributed by atoms with E-state index in [2.05, 4.69) is 16.9 Å². The average Bonchev–Trinajstić information content (AvgIpc) is 2.82. The van der Waals surface area contributed by atoms with Crippen LogP contribution in [0.3, 0.4) is 0 Å². The van der Waals surface area contributed by atoms with Crippen molar-refractivity contribution in [3.63, 3.8) is 0 Å². The van der Waals surface area contributed by atoms with Gasteiger partial charge in [-0.05, 0) is 0 Å². The van der Waals surface area contributed by atoms with E-state index in [0.29, 0.717) is 38.7 Å². The number of rotatable bonds is 10. The number of hydrogen-bond acceptors (Lipinski definition) is 6. The highest BCUT2D eigenvalue weighted by atomic mass is 16.5. The fourth-order valence-corrected chi connectivity index (χ4v) is 1.67. The van der Waals surface area contributed by atoms with Crippen LogP contribution >= 0.6 is 0 Å². The van der Waals surface area contributed by atoms with Gasteiger partial charge in [0.05, 0.1) is 25.9 Å². The summed E-state index contributed by atoms with van der Waals surface area (Å²) in [5.41, 5.74) is 0. The van der Waals surface area contributed by atoms with Gasteiger partial charge >= 0.3 is 0 Å². The molecular weight excluding hydrogens is 234 g/mol. The van der Waals surface area contributed by atoms with E-state index in [4.69, 9.17) is 4.74 Å². The van der Waals surface area contributed by atoms with Gasteiger partial charge in [-0.25, -0.2) is 0 Å². The van der Waals surface area contributed by atoms with E-state index in [9.17, 15) is 9.90 Å². The Bertz CT molecular complexity index is 294. The molecule has 1 rings (SSSR count). The Morgan fingerprint density at radius 1 is 1.67 bits per heavy atom. The van der Waals surface area contributed by atoms with Crippen LogP contribution < -0.4 is 5.32 Å².